The van der Waals surface area contributed by atoms with Crippen LogP contribution in [-0.2, 0) is 15.3 Å². The van der Waals surface area contributed by atoms with Gasteiger partial charge in [0.15, 0.2) is 6.67 Å². The van der Waals surface area contributed by atoms with Gasteiger partial charge in [0.05, 0.1) is 4.90 Å². The minimum absolute atomic E-state index is 0.217. The zero-order valence-electron chi connectivity index (χ0n) is 10.4. The van der Waals surface area contributed by atoms with Crippen LogP contribution in [0.3, 0.4) is 0 Å². The van der Waals surface area contributed by atoms with Crippen molar-refractivity contribution in [1.29, 1.82) is 0 Å². The van der Waals surface area contributed by atoms with Crippen LogP contribution in [0.25, 0.3) is 0 Å². The molecule has 0 aromatic heterocycles. The summed E-state index contributed by atoms with van der Waals surface area (Å²) in [5, 5.41) is -4.38. The van der Waals surface area contributed by atoms with Crippen molar-refractivity contribution in [2.75, 3.05) is 6.67 Å². The molecule has 0 fully saturated rings. The third-order valence-corrected chi connectivity index (χ3v) is 4.37. The normalized spacial score (nSPS) is 13.7. The Morgan fingerprint density at radius 3 is 1.83 bits per heavy atom. The molecule has 2 nitrogen and oxygen atoms in total. The van der Waals surface area contributed by atoms with E-state index in [9.17, 15) is 21.6 Å². The molecule has 0 unspecified atom stereocenters. The number of hydrogen-bond acceptors (Lipinski definition) is 2. The first-order chi connectivity index (χ1) is 8.02. The molecule has 0 bridgehead atoms. The van der Waals surface area contributed by atoms with Crippen LogP contribution in [0.4, 0.5) is 13.2 Å². The molecule has 102 valence electrons. The van der Waals surface area contributed by atoms with Gasteiger partial charge in [0.1, 0.15) is 0 Å². The fraction of sp³-hybridized carbons (Fsp3) is 0.500. The summed E-state index contributed by atoms with van der Waals surface area (Å²) in [5.74, 6) is 0. The van der Waals surface area contributed by atoms with E-state index < -0.39 is 26.7 Å². The minimum atomic E-state index is -4.96. The van der Waals surface area contributed by atoms with Crippen molar-refractivity contribution < 1.29 is 21.6 Å². The number of sulfone groups is 1. The molecular formula is C12H15F3O2S. The Hall–Kier alpha value is -1.04. The van der Waals surface area contributed by atoms with Gasteiger partial charge >= 0.3 is 5.25 Å². The van der Waals surface area contributed by atoms with Gasteiger partial charge in [-0.15, -0.1) is 0 Å². The highest BCUT2D eigenvalue weighted by Gasteiger charge is 2.46. The molecule has 1 aromatic rings. The first-order valence-electron chi connectivity index (χ1n) is 5.31. The van der Waals surface area contributed by atoms with Crippen LogP contribution in [0.5, 0.6) is 0 Å². The Morgan fingerprint density at radius 1 is 1.06 bits per heavy atom. The molecule has 0 amide bonds. The molecule has 6 heteroatoms. The van der Waals surface area contributed by atoms with E-state index in [1.807, 2.05) is 20.8 Å². The predicted octanol–water partition coefficient (Wildman–Crippen LogP) is 3.32. The van der Waals surface area contributed by atoms with E-state index in [1.165, 1.54) is 12.1 Å². The molecule has 1 rings (SSSR count). The molecule has 1 aromatic carbocycles. The number of halogens is 3. The first kappa shape index (κ1) is 15.0. The van der Waals surface area contributed by atoms with Crippen molar-refractivity contribution >= 4 is 9.84 Å². The van der Waals surface area contributed by atoms with Crippen molar-refractivity contribution in [2.24, 2.45) is 0 Å². The molecule has 0 aliphatic heterocycles. The fourth-order valence-electron chi connectivity index (χ4n) is 1.38. The lowest BCUT2D eigenvalue weighted by atomic mass is 9.87. The van der Waals surface area contributed by atoms with E-state index in [4.69, 9.17) is 0 Å². The third kappa shape index (κ3) is 2.68. The number of hydrogen-bond donors (Lipinski definition) is 0. The summed E-state index contributed by atoms with van der Waals surface area (Å²) in [6.45, 7) is 3.50. The van der Waals surface area contributed by atoms with Gasteiger partial charge in [-0.1, -0.05) is 32.9 Å². The largest absolute Gasteiger partial charge is 0.377 e. The maximum atomic E-state index is 13.0. The molecule has 0 radical (unpaired) electrons. The van der Waals surface area contributed by atoms with Crippen molar-refractivity contribution in [1.82, 2.24) is 0 Å². The minimum Gasteiger partial charge on any atom is -0.243 e. The number of benzene rings is 1. The van der Waals surface area contributed by atoms with Crippen LogP contribution >= 0.6 is 0 Å². The maximum absolute atomic E-state index is 13.0. The third-order valence-electron chi connectivity index (χ3n) is 2.58. The molecule has 0 spiro atoms. The van der Waals surface area contributed by atoms with E-state index in [0.717, 1.165) is 17.7 Å². The number of alkyl halides is 3. The summed E-state index contributed by atoms with van der Waals surface area (Å²) in [5.41, 5.74) is 0.593. The van der Waals surface area contributed by atoms with Crippen LogP contribution in [-0.4, -0.2) is 20.3 Å². The molecule has 0 heterocycles. The Balaban J connectivity index is 3.22. The first-order valence-corrected chi connectivity index (χ1v) is 6.79. The van der Waals surface area contributed by atoms with Crippen molar-refractivity contribution in [2.45, 2.75) is 36.3 Å². The van der Waals surface area contributed by atoms with Crippen LogP contribution in [0.2, 0.25) is 0 Å². The van der Waals surface area contributed by atoms with Gasteiger partial charge in [0, 0.05) is 0 Å². The summed E-state index contributed by atoms with van der Waals surface area (Å²) >= 11 is 0. The monoisotopic (exact) mass is 280 g/mol. The molecule has 0 atom stereocenters. The summed E-state index contributed by atoms with van der Waals surface area (Å²) in [4.78, 5) is -0.571. The summed E-state index contributed by atoms with van der Waals surface area (Å²) in [6, 6.07) is 5.08. The average Bonchev–Trinajstić information content (AvgIpc) is 2.27. The average molecular weight is 280 g/mol. The van der Waals surface area contributed by atoms with Gasteiger partial charge in [0.2, 0.25) is 9.84 Å². The van der Waals surface area contributed by atoms with Crippen molar-refractivity contribution in [3.05, 3.63) is 29.8 Å². The van der Waals surface area contributed by atoms with E-state index in [0.29, 0.717) is 0 Å². The summed E-state index contributed by atoms with van der Waals surface area (Å²) in [6.07, 6.45) is 0. The maximum Gasteiger partial charge on any atom is 0.377 e. The Morgan fingerprint density at radius 2 is 1.50 bits per heavy atom. The van der Waals surface area contributed by atoms with Gasteiger partial charge in [-0.25, -0.2) is 12.8 Å². The highest BCUT2D eigenvalue weighted by Crippen LogP contribution is 2.31. The van der Waals surface area contributed by atoms with Crippen LogP contribution in [0.15, 0.2) is 29.2 Å². The SMILES string of the molecule is CC(C)(C)c1ccc(S(=O)(=O)C(F)(F)CF)cc1. The van der Waals surface area contributed by atoms with Crippen molar-refractivity contribution in [3.63, 3.8) is 0 Å². The summed E-state index contributed by atoms with van der Waals surface area (Å²) < 4.78 is 61.0. The Kier molecular flexibility index (Phi) is 3.81. The zero-order valence-corrected chi connectivity index (χ0v) is 11.2. The van der Waals surface area contributed by atoms with E-state index in [2.05, 4.69) is 0 Å². The Labute approximate surface area is 105 Å². The van der Waals surface area contributed by atoms with Crippen LogP contribution in [0, 0.1) is 0 Å². The quantitative estimate of drug-likeness (QED) is 0.851. The van der Waals surface area contributed by atoms with Crippen molar-refractivity contribution in [3.8, 4) is 0 Å². The molecule has 0 aliphatic rings. The van der Waals surface area contributed by atoms with Gasteiger partial charge < -0.3 is 0 Å². The second-order valence-electron chi connectivity index (χ2n) is 5.05. The van der Waals surface area contributed by atoms with Gasteiger partial charge in [-0.3, -0.25) is 0 Å². The van der Waals surface area contributed by atoms with Gasteiger partial charge in [-0.2, -0.15) is 8.78 Å². The lowest BCUT2D eigenvalue weighted by Gasteiger charge is -2.20. The van der Waals surface area contributed by atoms with E-state index >= 15 is 0 Å². The van der Waals surface area contributed by atoms with Crippen LogP contribution < -0.4 is 0 Å². The number of rotatable bonds is 3. The van der Waals surface area contributed by atoms with E-state index in [-0.39, 0.29) is 5.41 Å². The molecule has 0 N–H and O–H groups in total. The second-order valence-corrected chi connectivity index (χ2v) is 7.12. The van der Waals surface area contributed by atoms with E-state index in [1.54, 1.807) is 0 Å². The fourth-order valence-corrected chi connectivity index (χ4v) is 2.36. The molecule has 0 saturated carbocycles. The van der Waals surface area contributed by atoms with Crippen LogP contribution in [0.1, 0.15) is 26.3 Å². The molecule has 0 saturated heterocycles. The highest BCUT2D eigenvalue weighted by atomic mass is 32.2. The van der Waals surface area contributed by atoms with Gasteiger partial charge in [0.25, 0.3) is 0 Å². The smallest absolute Gasteiger partial charge is 0.243 e. The lowest BCUT2D eigenvalue weighted by Crippen LogP contribution is -2.31. The van der Waals surface area contributed by atoms with Gasteiger partial charge in [-0.05, 0) is 23.1 Å². The second kappa shape index (κ2) is 4.57. The molecular weight excluding hydrogens is 265 g/mol. The summed E-state index contributed by atoms with van der Waals surface area (Å²) in [7, 11) is -4.96. The molecule has 0 aliphatic carbocycles. The highest BCUT2D eigenvalue weighted by molar-refractivity contribution is 7.92. The predicted molar refractivity (Wildman–Crippen MR) is 63.2 cm³/mol. The zero-order chi connectivity index (χ0) is 14.2. The lowest BCUT2D eigenvalue weighted by molar-refractivity contribution is 0.0620. The topological polar surface area (TPSA) is 34.1 Å². The standard InChI is InChI=1S/C12H15F3O2S/c1-11(2,3)9-4-6-10(7-5-9)18(16,17)12(14,15)8-13/h4-7H,8H2,1-3H3. The Bertz CT molecular complexity index is 513. The molecule has 18 heavy (non-hydrogen) atoms.